The van der Waals surface area contributed by atoms with E-state index in [0.717, 1.165) is 0 Å². The molecule has 0 saturated carbocycles. The molecule has 0 fully saturated rings. The van der Waals surface area contributed by atoms with Crippen molar-refractivity contribution in [2.45, 2.75) is 0 Å². The molecule has 0 nitrogen and oxygen atoms in total. The van der Waals surface area contributed by atoms with Gasteiger partial charge < -0.3 is 94.5 Å². The maximum Gasteiger partial charge on any atom is 4.00 e. The molecular formula is In2S7Sn2. The Bertz CT molecular complexity index is 14.4. The molecule has 0 saturated heterocycles. The molecule has 0 rings (SSSR count). The van der Waals surface area contributed by atoms with E-state index < -0.39 is 0 Å². The summed E-state index contributed by atoms with van der Waals surface area (Å²) in [5.41, 5.74) is 0. The van der Waals surface area contributed by atoms with Gasteiger partial charge >= 0.3 is 99.5 Å². The quantitative estimate of drug-likeness (QED) is 0.271. The van der Waals surface area contributed by atoms with Crippen molar-refractivity contribution in [1.29, 1.82) is 0 Å². The standard InChI is InChI=1S/2In.7S.2Sn/q2*+3;7*-2;2*+4. The van der Waals surface area contributed by atoms with Crippen LogP contribution in [0.15, 0.2) is 0 Å². The van der Waals surface area contributed by atoms with E-state index in [1.165, 1.54) is 0 Å². The summed E-state index contributed by atoms with van der Waals surface area (Å²) in [6.45, 7) is 0. The molecule has 0 aliphatic carbocycles. The van der Waals surface area contributed by atoms with Crippen molar-refractivity contribution in [3.63, 3.8) is 0 Å². The van der Waals surface area contributed by atoms with Gasteiger partial charge in [-0.05, 0) is 0 Å². The molecule has 56 valence electrons. The first-order chi connectivity index (χ1) is 0. The summed E-state index contributed by atoms with van der Waals surface area (Å²) >= 11 is 0. The molecule has 0 spiro atoms. The zero-order chi connectivity index (χ0) is 0. The molecular weight excluding hydrogens is 692 g/mol. The van der Waals surface area contributed by atoms with E-state index in [9.17, 15) is 0 Å². The van der Waals surface area contributed by atoms with E-state index in [-0.39, 0.29) is 194 Å². The van der Waals surface area contributed by atoms with E-state index in [0.29, 0.717) is 0 Å². The van der Waals surface area contributed by atoms with Crippen molar-refractivity contribution in [2.75, 3.05) is 0 Å². The molecule has 0 bridgehead atoms. The molecule has 0 N–H and O–H groups in total. The van der Waals surface area contributed by atoms with Gasteiger partial charge in [-0.2, -0.15) is 0 Å². The third kappa shape index (κ3) is 89.6. The van der Waals surface area contributed by atoms with Crippen molar-refractivity contribution in [3.8, 4) is 0 Å². The van der Waals surface area contributed by atoms with Crippen LogP contribution in [-0.4, -0.2) is 99.5 Å². The van der Waals surface area contributed by atoms with Gasteiger partial charge in [-0.25, -0.2) is 0 Å². The zero-order valence-corrected chi connectivity index (χ0v) is 23.0. The second kappa shape index (κ2) is 103. The first-order valence-electron chi connectivity index (χ1n) is 0. The summed E-state index contributed by atoms with van der Waals surface area (Å²) in [5, 5.41) is 0. The minimum Gasteiger partial charge on any atom is -2.00 e. The van der Waals surface area contributed by atoms with Gasteiger partial charge in [0.1, 0.15) is 0 Å². The van der Waals surface area contributed by atoms with Crippen LogP contribution in [0, 0.1) is 0 Å². The zero-order valence-electron chi connectivity index (χ0n) is 5.01. The molecule has 0 unspecified atom stereocenters. The van der Waals surface area contributed by atoms with Crippen molar-refractivity contribution < 1.29 is 0 Å². The second-order valence-corrected chi connectivity index (χ2v) is 0. The maximum atomic E-state index is 0. The predicted octanol–water partition coefficient (Wildman–Crippen LogP) is -1.54. The Morgan fingerprint density at radius 1 is 0.273 bits per heavy atom. The van der Waals surface area contributed by atoms with Gasteiger partial charge in [-0.1, -0.05) is 0 Å². The van der Waals surface area contributed by atoms with Gasteiger partial charge in [0.05, 0.1) is 0 Å². The third-order valence-corrected chi connectivity index (χ3v) is 0. The minimum absolute atomic E-state index is 0. The summed E-state index contributed by atoms with van der Waals surface area (Å²) in [4.78, 5) is 0. The van der Waals surface area contributed by atoms with Gasteiger partial charge in [-0.15, -0.1) is 0 Å². The largest absolute Gasteiger partial charge is 4.00 e. The van der Waals surface area contributed by atoms with Crippen molar-refractivity contribution in [2.24, 2.45) is 0 Å². The molecule has 0 aliphatic rings. The van der Waals surface area contributed by atoms with Crippen LogP contribution in [0.2, 0.25) is 0 Å². The van der Waals surface area contributed by atoms with Crippen LogP contribution in [-0.2, 0) is 94.5 Å². The van der Waals surface area contributed by atoms with Gasteiger partial charge in [0.15, 0.2) is 0 Å². The molecule has 0 aliphatic heterocycles. The summed E-state index contributed by atoms with van der Waals surface area (Å²) in [5.74, 6) is 0. The Balaban J connectivity index is 0. The van der Waals surface area contributed by atoms with Gasteiger partial charge in [-0.3, -0.25) is 0 Å². The Kier molecular flexibility index (Phi) is 1170. The molecule has 0 atom stereocenters. The third-order valence-electron chi connectivity index (χ3n) is 0. The average Bonchev–Trinajstić information content (AvgIpc) is 0. The van der Waals surface area contributed by atoms with E-state index in [4.69, 9.17) is 0 Å². The van der Waals surface area contributed by atoms with E-state index in [2.05, 4.69) is 0 Å². The van der Waals surface area contributed by atoms with Crippen LogP contribution in [0.1, 0.15) is 0 Å². The number of hydrogen-bond acceptors (Lipinski definition) is 0. The summed E-state index contributed by atoms with van der Waals surface area (Å²) in [6, 6.07) is 0. The first kappa shape index (κ1) is 125. The fourth-order valence-corrected chi connectivity index (χ4v) is 0. The average molecular weight is 692 g/mol. The van der Waals surface area contributed by atoms with E-state index in [1.807, 2.05) is 0 Å². The molecule has 0 aromatic carbocycles. The van der Waals surface area contributed by atoms with Crippen LogP contribution < -0.4 is 0 Å². The van der Waals surface area contributed by atoms with Gasteiger partial charge in [0, 0.05) is 0 Å². The SMILES string of the molecule is [In+3].[In+3].[S-2].[S-2].[S-2].[S-2].[S-2].[S-2].[S-2].[Sn+4].[Sn+4]. The van der Waals surface area contributed by atoms with Crippen LogP contribution in [0.4, 0.5) is 0 Å². The molecule has 0 aromatic heterocycles. The summed E-state index contributed by atoms with van der Waals surface area (Å²) in [7, 11) is 0. The van der Waals surface area contributed by atoms with E-state index in [1.54, 1.807) is 0 Å². The van der Waals surface area contributed by atoms with Gasteiger partial charge in [0.2, 0.25) is 0 Å². The fourth-order valence-electron chi connectivity index (χ4n) is 0. The Labute approximate surface area is 190 Å². The molecule has 0 radical (unpaired) electrons. The normalized spacial score (nSPS) is 0. The molecule has 0 heterocycles. The van der Waals surface area contributed by atoms with Crippen LogP contribution in [0.5, 0.6) is 0 Å². The monoisotopic (exact) mass is 693 g/mol. The summed E-state index contributed by atoms with van der Waals surface area (Å²) in [6.07, 6.45) is 0. The van der Waals surface area contributed by atoms with Gasteiger partial charge in [0.25, 0.3) is 0 Å². The minimum atomic E-state index is 0. The van der Waals surface area contributed by atoms with Crippen molar-refractivity contribution in [1.82, 2.24) is 0 Å². The van der Waals surface area contributed by atoms with Crippen LogP contribution in [0.3, 0.4) is 0 Å². The van der Waals surface area contributed by atoms with E-state index >= 15 is 0 Å². The smallest absolute Gasteiger partial charge is 2.00 e. The molecule has 0 amide bonds. The topological polar surface area (TPSA) is 0 Å². The first-order valence-corrected chi connectivity index (χ1v) is 0. The fraction of sp³-hybridized carbons (Fsp3) is 0. The molecule has 0 aromatic rings. The maximum absolute atomic E-state index is 0. The second-order valence-electron chi connectivity index (χ2n) is 0. The van der Waals surface area contributed by atoms with Crippen molar-refractivity contribution >= 4 is 194 Å². The number of rotatable bonds is 0. The Morgan fingerprint density at radius 2 is 0.273 bits per heavy atom. The van der Waals surface area contributed by atoms with Crippen LogP contribution in [0.25, 0.3) is 0 Å². The molecule has 11 heavy (non-hydrogen) atoms. The summed E-state index contributed by atoms with van der Waals surface area (Å²) < 4.78 is 0. The Hall–Kier alpha value is 5.79. The van der Waals surface area contributed by atoms with Crippen molar-refractivity contribution in [3.05, 3.63) is 0 Å². The molecule has 11 heteroatoms. The van der Waals surface area contributed by atoms with Crippen LogP contribution >= 0.6 is 0 Å². The predicted molar refractivity (Wildman–Crippen MR) is 74.6 cm³/mol. The Morgan fingerprint density at radius 3 is 0.273 bits per heavy atom. The number of hydrogen-bond donors (Lipinski definition) is 0.